The lowest BCUT2D eigenvalue weighted by atomic mass is 10.2. The molecule has 4 nitrogen and oxygen atoms in total. The topological polar surface area (TPSA) is 54.3 Å². The summed E-state index contributed by atoms with van der Waals surface area (Å²) in [5.74, 6) is 0.422. The minimum Gasteiger partial charge on any atom is -0.449 e. The molecule has 1 aromatic heterocycles. The van der Waals surface area contributed by atoms with Gasteiger partial charge in [-0.1, -0.05) is 0 Å². The van der Waals surface area contributed by atoms with Crippen LogP contribution in [0.4, 0.5) is 16.4 Å². The largest absolute Gasteiger partial charge is 0.449 e. The normalized spacial score (nSPS) is 10.0. The number of hydrogen-bond donors (Lipinski definition) is 2. The Labute approximate surface area is 113 Å². The number of aryl methyl sites for hydroxylation is 1. The van der Waals surface area contributed by atoms with Gasteiger partial charge < -0.3 is 9.73 Å². The molecule has 0 aliphatic carbocycles. The van der Waals surface area contributed by atoms with Gasteiger partial charge in [-0.05, 0) is 59.3 Å². The minimum atomic E-state index is -0.316. The van der Waals surface area contributed by atoms with Gasteiger partial charge in [-0.3, -0.25) is 5.32 Å². The van der Waals surface area contributed by atoms with E-state index >= 15 is 0 Å². The van der Waals surface area contributed by atoms with E-state index in [0.29, 0.717) is 5.88 Å². The first kappa shape index (κ1) is 12.0. The van der Waals surface area contributed by atoms with E-state index in [0.717, 1.165) is 14.8 Å². The summed E-state index contributed by atoms with van der Waals surface area (Å²) in [4.78, 5) is 11.6. The van der Waals surface area contributed by atoms with Crippen LogP contribution in [0, 0.1) is 10.5 Å². The Hall–Kier alpha value is -1.50. The van der Waals surface area contributed by atoms with Crippen molar-refractivity contribution in [3.05, 3.63) is 45.7 Å². The van der Waals surface area contributed by atoms with E-state index in [1.807, 2.05) is 25.1 Å². The van der Waals surface area contributed by atoms with Gasteiger partial charge >= 0.3 is 6.03 Å². The van der Waals surface area contributed by atoms with Gasteiger partial charge in [0.1, 0.15) is 0 Å². The lowest BCUT2D eigenvalue weighted by molar-refractivity contribution is 0.261. The summed E-state index contributed by atoms with van der Waals surface area (Å²) < 4.78 is 6.15. The van der Waals surface area contributed by atoms with E-state index in [1.54, 1.807) is 12.1 Å². The summed E-state index contributed by atoms with van der Waals surface area (Å²) in [5, 5.41) is 5.36. The second kappa shape index (κ2) is 5.22. The third-order valence-electron chi connectivity index (χ3n) is 2.19. The number of urea groups is 1. The second-order valence-electron chi connectivity index (χ2n) is 3.52. The fraction of sp³-hybridized carbons (Fsp3) is 0.0833. The van der Waals surface area contributed by atoms with E-state index in [2.05, 4.69) is 33.2 Å². The van der Waals surface area contributed by atoms with E-state index in [9.17, 15) is 4.79 Å². The molecule has 0 saturated heterocycles. The van der Waals surface area contributed by atoms with Gasteiger partial charge in [0.15, 0.2) is 0 Å². The number of furan rings is 1. The summed E-state index contributed by atoms with van der Waals surface area (Å²) in [6.07, 6.45) is 1.51. The van der Waals surface area contributed by atoms with Gasteiger partial charge in [-0.2, -0.15) is 0 Å². The summed E-state index contributed by atoms with van der Waals surface area (Å²) in [6.45, 7) is 1.95. The van der Waals surface area contributed by atoms with Crippen LogP contribution in [0.25, 0.3) is 0 Å². The number of anilines is 2. The van der Waals surface area contributed by atoms with E-state index < -0.39 is 0 Å². The fourth-order valence-electron chi connectivity index (χ4n) is 1.38. The Kier molecular flexibility index (Phi) is 3.68. The Morgan fingerprint density at radius 2 is 2.12 bits per heavy atom. The molecule has 2 N–H and O–H groups in total. The number of halogens is 1. The maximum atomic E-state index is 11.6. The molecule has 2 rings (SSSR count). The summed E-state index contributed by atoms with van der Waals surface area (Å²) >= 11 is 2.23. The molecule has 0 unspecified atom stereocenters. The highest BCUT2D eigenvalue weighted by Gasteiger charge is 2.06. The predicted octanol–water partition coefficient (Wildman–Crippen LogP) is 3.84. The number of carbonyl (C=O) groups is 1. The molecule has 0 aliphatic rings. The van der Waals surface area contributed by atoms with E-state index in [1.165, 1.54) is 6.26 Å². The molecule has 0 atom stereocenters. The van der Waals surface area contributed by atoms with Gasteiger partial charge in [0, 0.05) is 15.3 Å². The monoisotopic (exact) mass is 342 g/mol. The third kappa shape index (κ3) is 3.23. The van der Waals surface area contributed by atoms with Crippen molar-refractivity contribution >= 4 is 40.2 Å². The van der Waals surface area contributed by atoms with Crippen LogP contribution in [-0.4, -0.2) is 6.03 Å². The minimum absolute atomic E-state index is 0.316. The van der Waals surface area contributed by atoms with Crippen molar-refractivity contribution in [1.29, 1.82) is 0 Å². The highest BCUT2D eigenvalue weighted by Crippen LogP contribution is 2.18. The van der Waals surface area contributed by atoms with Gasteiger partial charge in [0.05, 0.1) is 6.26 Å². The summed E-state index contributed by atoms with van der Waals surface area (Å²) in [5.41, 5.74) is 1.81. The molecular weight excluding hydrogens is 331 g/mol. The Morgan fingerprint density at radius 1 is 1.29 bits per heavy atom. The molecule has 0 bridgehead atoms. The number of nitrogens with one attached hydrogen (secondary N) is 2. The molecule has 17 heavy (non-hydrogen) atoms. The molecule has 0 spiro atoms. The lowest BCUT2D eigenvalue weighted by Gasteiger charge is -2.08. The second-order valence-corrected chi connectivity index (χ2v) is 4.76. The number of amides is 2. The number of benzene rings is 1. The third-order valence-corrected chi connectivity index (χ3v) is 2.87. The van der Waals surface area contributed by atoms with E-state index in [-0.39, 0.29) is 6.03 Å². The number of hydrogen-bond acceptors (Lipinski definition) is 2. The quantitative estimate of drug-likeness (QED) is 0.815. The lowest BCUT2D eigenvalue weighted by Crippen LogP contribution is -2.19. The molecule has 88 valence electrons. The van der Waals surface area contributed by atoms with Crippen LogP contribution >= 0.6 is 22.6 Å². The molecule has 0 saturated carbocycles. The molecule has 0 radical (unpaired) electrons. The zero-order valence-electron chi connectivity index (χ0n) is 9.16. The maximum absolute atomic E-state index is 11.6. The SMILES string of the molecule is Cc1cc(I)ccc1NC(=O)Nc1ccco1. The average Bonchev–Trinajstić information content (AvgIpc) is 2.75. The van der Waals surface area contributed by atoms with Crippen LogP contribution in [0.5, 0.6) is 0 Å². The van der Waals surface area contributed by atoms with Gasteiger partial charge in [-0.15, -0.1) is 0 Å². The summed E-state index contributed by atoms with van der Waals surface area (Å²) in [6, 6.07) is 8.90. The van der Waals surface area contributed by atoms with Crippen LogP contribution in [0.3, 0.4) is 0 Å². The van der Waals surface area contributed by atoms with Crippen LogP contribution in [0.2, 0.25) is 0 Å². The van der Waals surface area contributed by atoms with Crippen LogP contribution in [-0.2, 0) is 0 Å². The van der Waals surface area contributed by atoms with Crippen molar-refractivity contribution in [1.82, 2.24) is 0 Å². The Morgan fingerprint density at radius 3 is 2.76 bits per heavy atom. The van der Waals surface area contributed by atoms with Crippen LogP contribution in [0.1, 0.15) is 5.56 Å². The highest BCUT2D eigenvalue weighted by atomic mass is 127. The smallest absolute Gasteiger partial charge is 0.326 e. The zero-order chi connectivity index (χ0) is 12.3. The molecular formula is C12H11IN2O2. The standard InChI is InChI=1S/C12H11IN2O2/c1-8-7-9(13)4-5-10(8)14-12(16)15-11-3-2-6-17-11/h2-7H,1H3,(H2,14,15,16). The van der Waals surface area contributed by atoms with Crippen LogP contribution in [0.15, 0.2) is 41.0 Å². The highest BCUT2D eigenvalue weighted by molar-refractivity contribution is 14.1. The molecule has 0 fully saturated rings. The van der Waals surface area contributed by atoms with Crippen molar-refractivity contribution < 1.29 is 9.21 Å². The first-order valence-electron chi connectivity index (χ1n) is 5.03. The van der Waals surface area contributed by atoms with Gasteiger partial charge in [-0.25, -0.2) is 4.79 Å². The molecule has 5 heteroatoms. The van der Waals surface area contributed by atoms with E-state index in [4.69, 9.17) is 4.42 Å². The van der Waals surface area contributed by atoms with Crippen molar-refractivity contribution in [3.63, 3.8) is 0 Å². The van der Waals surface area contributed by atoms with Crippen molar-refractivity contribution in [2.24, 2.45) is 0 Å². The first-order chi connectivity index (χ1) is 8.15. The molecule has 2 amide bonds. The number of rotatable bonds is 2. The Bertz CT molecular complexity index is 523. The molecule has 1 aromatic carbocycles. The number of carbonyl (C=O) groups excluding carboxylic acids is 1. The summed E-state index contributed by atoms with van der Waals surface area (Å²) in [7, 11) is 0. The predicted molar refractivity (Wildman–Crippen MR) is 75.2 cm³/mol. The van der Waals surface area contributed by atoms with Crippen molar-refractivity contribution in [2.45, 2.75) is 6.92 Å². The fourth-order valence-corrected chi connectivity index (χ4v) is 2.03. The van der Waals surface area contributed by atoms with Crippen LogP contribution < -0.4 is 10.6 Å². The van der Waals surface area contributed by atoms with Crippen molar-refractivity contribution in [3.8, 4) is 0 Å². The average molecular weight is 342 g/mol. The first-order valence-corrected chi connectivity index (χ1v) is 6.11. The Balaban J connectivity index is 2.03. The van der Waals surface area contributed by atoms with Gasteiger partial charge in [0.2, 0.25) is 5.88 Å². The van der Waals surface area contributed by atoms with Crippen molar-refractivity contribution in [2.75, 3.05) is 10.6 Å². The molecule has 0 aliphatic heterocycles. The zero-order valence-corrected chi connectivity index (χ0v) is 11.3. The van der Waals surface area contributed by atoms with Gasteiger partial charge in [0.25, 0.3) is 0 Å². The molecule has 1 heterocycles. The maximum Gasteiger partial charge on any atom is 0.326 e. The molecule has 2 aromatic rings.